The quantitative estimate of drug-likeness (QED) is 0.608. The largest absolute Gasteiger partial charge is 0.388 e. The fourth-order valence-corrected chi connectivity index (χ4v) is 1.48. The molecule has 2 N–H and O–H groups in total. The molecule has 0 spiro atoms. The van der Waals surface area contributed by atoms with Crippen LogP contribution in [0.2, 0.25) is 0 Å². The molecule has 0 radical (unpaired) electrons. The summed E-state index contributed by atoms with van der Waals surface area (Å²) in [5.41, 5.74) is 1.00. The van der Waals surface area contributed by atoms with Gasteiger partial charge in [0, 0.05) is 13.1 Å². The second kappa shape index (κ2) is 4.94. The van der Waals surface area contributed by atoms with Crippen molar-refractivity contribution in [3.63, 3.8) is 0 Å². The third-order valence-electron chi connectivity index (χ3n) is 2.46. The number of hydrogen-bond donors (Lipinski definition) is 2. The molecule has 5 heteroatoms. The average Bonchev–Trinajstić information content (AvgIpc) is 2.26. The Morgan fingerprint density at radius 2 is 2.06 bits per heavy atom. The molecular weight excluding hydrogens is 208 g/mol. The first kappa shape index (κ1) is 12.4. The predicted molar refractivity (Wildman–Crippen MR) is 62.4 cm³/mol. The summed E-state index contributed by atoms with van der Waals surface area (Å²) < 4.78 is 0. The summed E-state index contributed by atoms with van der Waals surface area (Å²) >= 11 is 0. The molecule has 1 aromatic rings. The monoisotopic (exact) mass is 224 g/mol. The van der Waals surface area contributed by atoms with Crippen LogP contribution in [0.4, 0.5) is 11.4 Å². The number of aliphatic hydroxyl groups is 1. The number of hydrogen-bond acceptors (Lipinski definition) is 4. The van der Waals surface area contributed by atoms with E-state index in [1.807, 2.05) is 13.8 Å². The standard InChI is InChI=1S/C11H16N2O3/c1-7(2)11(14)8-4-5-9(12-3)10(6-8)13(15)16/h4-7,11-12,14H,1-3H3. The summed E-state index contributed by atoms with van der Waals surface area (Å²) in [5.74, 6) is 0.0278. The van der Waals surface area contributed by atoms with Gasteiger partial charge in [-0.25, -0.2) is 0 Å². The maximum atomic E-state index is 10.8. The van der Waals surface area contributed by atoms with Gasteiger partial charge in [0.2, 0.25) is 0 Å². The molecule has 0 fully saturated rings. The Morgan fingerprint density at radius 1 is 1.44 bits per heavy atom. The van der Waals surface area contributed by atoms with Crippen LogP contribution in [0.5, 0.6) is 0 Å². The van der Waals surface area contributed by atoms with Crippen molar-refractivity contribution in [3.8, 4) is 0 Å². The van der Waals surface area contributed by atoms with Gasteiger partial charge in [0.05, 0.1) is 11.0 Å². The van der Waals surface area contributed by atoms with Crippen LogP contribution in [-0.4, -0.2) is 17.1 Å². The second-order valence-electron chi connectivity index (χ2n) is 3.97. The molecule has 0 aromatic heterocycles. The smallest absolute Gasteiger partial charge is 0.292 e. The minimum atomic E-state index is -0.676. The molecule has 0 saturated heterocycles. The summed E-state index contributed by atoms with van der Waals surface area (Å²) in [7, 11) is 1.63. The minimum absolute atomic E-state index is 0.0142. The molecule has 0 heterocycles. The SMILES string of the molecule is CNc1ccc(C(O)C(C)C)cc1[N+](=O)[O-]. The molecule has 1 rings (SSSR count). The van der Waals surface area contributed by atoms with Gasteiger partial charge in [0.25, 0.3) is 5.69 Å². The molecule has 0 aliphatic heterocycles. The lowest BCUT2D eigenvalue weighted by Crippen LogP contribution is -2.06. The lowest BCUT2D eigenvalue weighted by atomic mass is 9.98. The maximum absolute atomic E-state index is 10.8. The highest BCUT2D eigenvalue weighted by Gasteiger charge is 2.18. The first-order valence-electron chi connectivity index (χ1n) is 5.11. The molecule has 5 nitrogen and oxygen atoms in total. The van der Waals surface area contributed by atoms with E-state index in [1.165, 1.54) is 6.07 Å². The zero-order valence-corrected chi connectivity index (χ0v) is 9.60. The van der Waals surface area contributed by atoms with Crippen LogP contribution in [0, 0.1) is 16.0 Å². The van der Waals surface area contributed by atoms with E-state index in [0.29, 0.717) is 11.3 Å². The number of nitro benzene ring substituents is 1. The van der Waals surface area contributed by atoms with Gasteiger partial charge in [-0.15, -0.1) is 0 Å². The van der Waals surface area contributed by atoms with E-state index >= 15 is 0 Å². The molecule has 88 valence electrons. The van der Waals surface area contributed by atoms with Crippen molar-refractivity contribution in [2.45, 2.75) is 20.0 Å². The number of aliphatic hydroxyl groups excluding tert-OH is 1. The number of rotatable bonds is 4. The van der Waals surface area contributed by atoms with Gasteiger partial charge in [-0.2, -0.15) is 0 Å². The molecule has 0 amide bonds. The predicted octanol–water partition coefficient (Wildman–Crippen LogP) is 2.33. The van der Waals surface area contributed by atoms with Gasteiger partial charge < -0.3 is 10.4 Å². The number of nitrogens with one attached hydrogen (secondary N) is 1. The van der Waals surface area contributed by atoms with Crippen LogP contribution < -0.4 is 5.32 Å². The topological polar surface area (TPSA) is 75.4 Å². The van der Waals surface area contributed by atoms with E-state index in [-0.39, 0.29) is 11.6 Å². The minimum Gasteiger partial charge on any atom is -0.388 e. The Morgan fingerprint density at radius 3 is 2.50 bits per heavy atom. The third kappa shape index (κ3) is 2.49. The summed E-state index contributed by atoms with van der Waals surface area (Å²) in [5, 5.41) is 23.4. The molecule has 1 aromatic carbocycles. The van der Waals surface area contributed by atoms with Gasteiger partial charge in [0.15, 0.2) is 0 Å². The van der Waals surface area contributed by atoms with Gasteiger partial charge >= 0.3 is 0 Å². The van der Waals surface area contributed by atoms with Gasteiger partial charge in [0.1, 0.15) is 5.69 Å². The zero-order chi connectivity index (χ0) is 12.3. The van der Waals surface area contributed by atoms with Crippen molar-refractivity contribution in [2.75, 3.05) is 12.4 Å². The second-order valence-corrected chi connectivity index (χ2v) is 3.97. The molecule has 1 unspecified atom stereocenters. The van der Waals surface area contributed by atoms with Crippen LogP contribution in [0.3, 0.4) is 0 Å². The van der Waals surface area contributed by atoms with Crippen LogP contribution in [0.15, 0.2) is 18.2 Å². The van der Waals surface area contributed by atoms with Crippen molar-refractivity contribution in [3.05, 3.63) is 33.9 Å². The van der Waals surface area contributed by atoms with E-state index in [4.69, 9.17) is 0 Å². The molecule has 0 aliphatic rings. The van der Waals surface area contributed by atoms with Crippen molar-refractivity contribution in [1.29, 1.82) is 0 Å². The number of anilines is 1. The van der Waals surface area contributed by atoms with E-state index in [1.54, 1.807) is 19.2 Å². The van der Waals surface area contributed by atoms with Gasteiger partial charge in [-0.1, -0.05) is 19.9 Å². The van der Waals surface area contributed by atoms with Crippen LogP contribution in [0.1, 0.15) is 25.5 Å². The maximum Gasteiger partial charge on any atom is 0.292 e. The third-order valence-corrected chi connectivity index (χ3v) is 2.46. The lowest BCUT2D eigenvalue weighted by Gasteiger charge is -2.15. The van der Waals surface area contributed by atoms with Crippen LogP contribution >= 0.6 is 0 Å². The molecule has 0 saturated carbocycles. The fraction of sp³-hybridized carbons (Fsp3) is 0.455. The molecule has 1 atom stereocenters. The lowest BCUT2D eigenvalue weighted by molar-refractivity contribution is -0.384. The highest BCUT2D eigenvalue weighted by atomic mass is 16.6. The Labute approximate surface area is 94.3 Å². The summed E-state index contributed by atoms with van der Waals surface area (Å²) in [6, 6.07) is 4.72. The highest BCUT2D eigenvalue weighted by molar-refractivity contribution is 5.62. The first-order valence-corrected chi connectivity index (χ1v) is 5.11. The molecule has 0 bridgehead atoms. The summed E-state index contributed by atoms with van der Waals surface area (Å²) in [6.45, 7) is 3.73. The van der Waals surface area contributed by atoms with E-state index < -0.39 is 11.0 Å². The van der Waals surface area contributed by atoms with Crippen LogP contribution in [0.25, 0.3) is 0 Å². The van der Waals surface area contributed by atoms with E-state index in [0.717, 1.165) is 0 Å². The number of benzene rings is 1. The Balaban J connectivity index is 3.16. The van der Waals surface area contributed by atoms with Gasteiger partial charge in [-0.05, 0) is 17.5 Å². The van der Waals surface area contributed by atoms with Crippen molar-refractivity contribution < 1.29 is 10.0 Å². The molecule has 0 aliphatic carbocycles. The first-order chi connectivity index (χ1) is 7.47. The normalized spacial score (nSPS) is 12.6. The summed E-state index contributed by atoms with van der Waals surface area (Å²) in [4.78, 5) is 10.4. The van der Waals surface area contributed by atoms with Crippen molar-refractivity contribution in [1.82, 2.24) is 0 Å². The summed E-state index contributed by atoms with van der Waals surface area (Å²) in [6.07, 6.45) is -0.676. The van der Waals surface area contributed by atoms with Gasteiger partial charge in [-0.3, -0.25) is 10.1 Å². The van der Waals surface area contributed by atoms with Crippen molar-refractivity contribution >= 4 is 11.4 Å². The Hall–Kier alpha value is -1.62. The average molecular weight is 224 g/mol. The van der Waals surface area contributed by atoms with Crippen molar-refractivity contribution in [2.24, 2.45) is 5.92 Å². The zero-order valence-electron chi connectivity index (χ0n) is 9.60. The number of nitrogens with zero attached hydrogens (tertiary/aromatic N) is 1. The fourth-order valence-electron chi connectivity index (χ4n) is 1.48. The van der Waals surface area contributed by atoms with E-state index in [2.05, 4.69) is 5.32 Å². The highest BCUT2D eigenvalue weighted by Crippen LogP contribution is 2.30. The number of nitro groups is 1. The van der Waals surface area contributed by atoms with Crippen LogP contribution in [-0.2, 0) is 0 Å². The Bertz CT molecular complexity index is 391. The Kier molecular flexibility index (Phi) is 3.84. The molecule has 16 heavy (non-hydrogen) atoms. The molecular formula is C11H16N2O3. The van der Waals surface area contributed by atoms with E-state index in [9.17, 15) is 15.2 Å².